The van der Waals surface area contributed by atoms with Crippen LogP contribution in [0.25, 0.3) is 0 Å². The monoisotopic (exact) mass is 238 g/mol. The molecule has 0 amide bonds. The van der Waals surface area contributed by atoms with Gasteiger partial charge in [0.1, 0.15) is 5.82 Å². The second-order valence-electron chi connectivity index (χ2n) is 4.99. The largest absolute Gasteiger partial charge is 0.381 e. The Kier molecular flexibility index (Phi) is 4.94. The maximum Gasteiger partial charge on any atom is 0.146 e. The van der Waals surface area contributed by atoms with E-state index in [2.05, 4.69) is 38.0 Å². The fourth-order valence-electron chi connectivity index (χ4n) is 1.54. The highest BCUT2D eigenvalue weighted by atomic mass is 19.1. The first kappa shape index (κ1) is 14.0. The SMILES string of the molecule is CCC(C)(C)N(C)CCNc1ccccc1F. The molecule has 0 aliphatic carbocycles. The van der Waals surface area contributed by atoms with Crippen LogP contribution in [0.2, 0.25) is 0 Å². The minimum atomic E-state index is -0.190. The van der Waals surface area contributed by atoms with E-state index in [1.807, 2.05) is 6.07 Å². The van der Waals surface area contributed by atoms with Crippen molar-refractivity contribution in [1.29, 1.82) is 0 Å². The molecule has 0 bridgehead atoms. The molecular formula is C14H23FN2. The van der Waals surface area contributed by atoms with Gasteiger partial charge in [0.15, 0.2) is 0 Å². The van der Waals surface area contributed by atoms with Gasteiger partial charge in [0, 0.05) is 18.6 Å². The van der Waals surface area contributed by atoms with E-state index in [-0.39, 0.29) is 11.4 Å². The normalized spacial score (nSPS) is 11.9. The molecule has 1 rings (SSSR count). The summed E-state index contributed by atoms with van der Waals surface area (Å²) >= 11 is 0. The molecule has 2 nitrogen and oxygen atoms in total. The molecule has 17 heavy (non-hydrogen) atoms. The van der Waals surface area contributed by atoms with Crippen molar-refractivity contribution in [3.05, 3.63) is 30.1 Å². The van der Waals surface area contributed by atoms with Crippen molar-refractivity contribution in [2.75, 3.05) is 25.5 Å². The smallest absolute Gasteiger partial charge is 0.146 e. The Morgan fingerprint density at radius 3 is 2.53 bits per heavy atom. The Hall–Kier alpha value is -1.09. The highest BCUT2D eigenvalue weighted by molar-refractivity contribution is 5.44. The van der Waals surface area contributed by atoms with Gasteiger partial charge in [-0.1, -0.05) is 19.1 Å². The van der Waals surface area contributed by atoms with E-state index in [0.717, 1.165) is 19.5 Å². The predicted octanol–water partition coefficient (Wildman–Crippen LogP) is 3.36. The zero-order valence-electron chi connectivity index (χ0n) is 11.3. The summed E-state index contributed by atoms with van der Waals surface area (Å²) in [4.78, 5) is 2.29. The summed E-state index contributed by atoms with van der Waals surface area (Å²) in [5.74, 6) is -0.190. The van der Waals surface area contributed by atoms with E-state index in [0.29, 0.717) is 5.69 Å². The summed E-state index contributed by atoms with van der Waals surface area (Å²) in [6, 6.07) is 6.78. The highest BCUT2D eigenvalue weighted by Gasteiger charge is 2.20. The number of likely N-dealkylation sites (N-methyl/N-ethyl adjacent to an activating group) is 1. The van der Waals surface area contributed by atoms with Gasteiger partial charge in [-0.3, -0.25) is 4.90 Å². The Balaban J connectivity index is 2.41. The average Bonchev–Trinajstić information content (AvgIpc) is 2.31. The third-order valence-corrected chi connectivity index (χ3v) is 3.54. The van der Waals surface area contributed by atoms with Crippen LogP contribution < -0.4 is 5.32 Å². The first-order valence-electron chi connectivity index (χ1n) is 6.17. The summed E-state index contributed by atoms with van der Waals surface area (Å²) in [6.45, 7) is 8.27. The van der Waals surface area contributed by atoms with E-state index in [1.54, 1.807) is 12.1 Å². The van der Waals surface area contributed by atoms with E-state index in [9.17, 15) is 4.39 Å². The number of halogens is 1. The number of nitrogens with one attached hydrogen (secondary N) is 1. The molecule has 1 aromatic rings. The molecule has 3 heteroatoms. The first-order chi connectivity index (χ1) is 7.97. The molecule has 0 aliphatic rings. The number of rotatable bonds is 6. The Morgan fingerprint density at radius 1 is 1.29 bits per heavy atom. The van der Waals surface area contributed by atoms with E-state index >= 15 is 0 Å². The van der Waals surface area contributed by atoms with Crippen molar-refractivity contribution >= 4 is 5.69 Å². The van der Waals surface area contributed by atoms with Crippen molar-refractivity contribution in [2.24, 2.45) is 0 Å². The quantitative estimate of drug-likeness (QED) is 0.817. The summed E-state index contributed by atoms with van der Waals surface area (Å²) in [6.07, 6.45) is 1.10. The lowest BCUT2D eigenvalue weighted by Gasteiger charge is -2.34. The average molecular weight is 238 g/mol. The van der Waals surface area contributed by atoms with Crippen LogP contribution in [0.3, 0.4) is 0 Å². The second kappa shape index (κ2) is 6.01. The van der Waals surface area contributed by atoms with Crippen molar-refractivity contribution in [1.82, 2.24) is 4.90 Å². The molecule has 1 aromatic carbocycles. The molecule has 0 atom stereocenters. The van der Waals surface area contributed by atoms with Crippen LogP contribution >= 0.6 is 0 Å². The minimum absolute atomic E-state index is 0.190. The lowest BCUT2D eigenvalue weighted by atomic mass is 10.0. The Labute approximate surface area is 104 Å². The molecular weight excluding hydrogens is 215 g/mol. The van der Waals surface area contributed by atoms with Crippen LogP contribution in [0.15, 0.2) is 24.3 Å². The van der Waals surface area contributed by atoms with E-state index in [4.69, 9.17) is 0 Å². The summed E-state index contributed by atoms with van der Waals surface area (Å²) < 4.78 is 13.3. The zero-order chi connectivity index (χ0) is 12.9. The molecule has 0 unspecified atom stereocenters. The number of anilines is 1. The molecule has 0 spiro atoms. The first-order valence-corrected chi connectivity index (χ1v) is 6.17. The standard InChI is InChI=1S/C14H23FN2/c1-5-14(2,3)17(4)11-10-16-13-9-7-6-8-12(13)15/h6-9,16H,5,10-11H2,1-4H3. The van der Waals surface area contributed by atoms with Crippen molar-refractivity contribution in [3.63, 3.8) is 0 Å². The van der Waals surface area contributed by atoms with Gasteiger partial charge in [0.05, 0.1) is 5.69 Å². The van der Waals surface area contributed by atoms with Gasteiger partial charge in [-0.05, 0) is 39.4 Å². The summed E-state index contributed by atoms with van der Waals surface area (Å²) in [5.41, 5.74) is 0.770. The fourth-order valence-corrected chi connectivity index (χ4v) is 1.54. The van der Waals surface area contributed by atoms with Crippen LogP contribution in [0.5, 0.6) is 0 Å². The number of hydrogen-bond donors (Lipinski definition) is 1. The van der Waals surface area contributed by atoms with E-state index in [1.165, 1.54) is 6.07 Å². The molecule has 0 aliphatic heterocycles. The van der Waals surface area contributed by atoms with Crippen LogP contribution in [0.1, 0.15) is 27.2 Å². The van der Waals surface area contributed by atoms with Crippen LogP contribution in [-0.4, -0.2) is 30.6 Å². The summed E-state index contributed by atoms with van der Waals surface area (Å²) in [5, 5.41) is 3.12. The molecule has 0 saturated heterocycles. The molecule has 0 aromatic heterocycles. The van der Waals surface area contributed by atoms with Crippen molar-refractivity contribution < 1.29 is 4.39 Å². The number of benzene rings is 1. The lowest BCUT2D eigenvalue weighted by molar-refractivity contribution is 0.157. The molecule has 0 radical (unpaired) electrons. The van der Waals surface area contributed by atoms with Gasteiger partial charge in [-0.25, -0.2) is 4.39 Å². The van der Waals surface area contributed by atoms with Gasteiger partial charge >= 0.3 is 0 Å². The molecule has 96 valence electrons. The Morgan fingerprint density at radius 2 is 1.94 bits per heavy atom. The topological polar surface area (TPSA) is 15.3 Å². The number of hydrogen-bond acceptors (Lipinski definition) is 2. The van der Waals surface area contributed by atoms with Gasteiger partial charge < -0.3 is 5.32 Å². The van der Waals surface area contributed by atoms with Crippen LogP contribution in [0.4, 0.5) is 10.1 Å². The fraction of sp³-hybridized carbons (Fsp3) is 0.571. The third kappa shape index (κ3) is 4.00. The Bertz CT molecular complexity index is 350. The van der Waals surface area contributed by atoms with Crippen molar-refractivity contribution in [2.45, 2.75) is 32.7 Å². The summed E-state index contributed by atoms with van der Waals surface area (Å²) in [7, 11) is 2.10. The van der Waals surface area contributed by atoms with Gasteiger partial charge in [0.2, 0.25) is 0 Å². The maximum absolute atomic E-state index is 13.3. The zero-order valence-corrected chi connectivity index (χ0v) is 11.3. The lowest BCUT2D eigenvalue weighted by Crippen LogP contribution is -2.42. The molecule has 0 saturated carbocycles. The highest BCUT2D eigenvalue weighted by Crippen LogP contribution is 2.16. The predicted molar refractivity (Wildman–Crippen MR) is 71.9 cm³/mol. The van der Waals surface area contributed by atoms with Gasteiger partial charge in [0.25, 0.3) is 0 Å². The van der Waals surface area contributed by atoms with Crippen LogP contribution in [-0.2, 0) is 0 Å². The van der Waals surface area contributed by atoms with Gasteiger partial charge in [-0.2, -0.15) is 0 Å². The minimum Gasteiger partial charge on any atom is -0.381 e. The molecule has 0 fully saturated rings. The van der Waals surface area contributed by atoms with Crippen LogP contribution in [0, 0.1) is 5.82 Å². The van der Waals surface area contributed by atoms with Gasteiger partial charge in [-0.15, -0.1) is 0 Å². The molecule has 1 N–H and O–H groups in total. The second-order valence-corrected chi connectivity index (χ2v) is 4.99. The van der Waals surface area contributed by atoms with Crippen molar-refractivity contribution in [3.8, 4) is 0 Å². The third-order valence-electron chi connectivity index (χ3n) is 3.54. The molecule has 0 heterocycles. The maximum atomic E-state index is 13.3. The van der Waals surface area contributed by atoms with E-state index < -0.39 is 0 Å². The number of nitrogens with zero attached hydrogens (tertiary/aromatic N) is 1. The number of para-hydroxylation sites is 1.